The number of aromatic nitrogens is 9. The van der Waals surface area contributed by atoms with Gasteiger partial charge in [-0.25, -0.2) is 0 Å². The van der Waals surface area contributed by atoms with Gasteiger partial charge in [0.15, 0.2) is 11.6 Å². The highest BCUT2D eigenvalue weighted by Gasteiger charge is 2.57. The molecular weight excluding hydrogens is 988 g/mol. The Morgan fingerprint density at radius 1 is 0.373 bits per heavy atom. The molecule has 4 aromatic carbocycles. The molecule has 0 aliphatic carbocycles. The number of hydrogen-bond acceptors (Lipinski definition) is 21. The third-order valence-electron chi connectivity index (χ3n) is 12.1. The molecular formula is C51H57B2ClN9O12+. The van der Waals surface area contributed by atoms with Crippen LogP contribution in [0.1, 0.15) is 48.5 Å². The first-order chi connectivity index (χ1) is 35.7. The van der Waals surface area contributed by atoms with Crippen LogP contribution in [0.25, 0.3) is 22.8 Å². The van der Waals surface area contributed by atoms with Gasteiger partial charge in [0.2, 0.25) is 10.9 Å². The predicted molar refractivity (Wildman–Crippen MR) is 279 cm³/mol. The van der Waals surface area contributed by atoms with Crippen LogP contribution in [0.15, 0.2) is 97.1 Å². The SMILES string of the molecule is COc1nc(Cl)nc(OC)n1.COc1nc(OC)nc(-c2ccc(Oc3ccc(-c4nc(OC)nc(OC)n4)cc3)cc2)n1.[CH2+]C1(C)OB(c2ccc(Oc3ccc(B4OC(C)(C)C(C)(C)O4)cc3)cc2)OC1(C)C. The van der Waals surface area contributed by atoms with E-state index in [4.69, 9.17) is 68.1 Å². The van der Waals surface area contributed by atoms with Gasteiger partial charge in [0, 0.05) is 18.1 Å². The van der Waals surface area contributed by atoms with E-state index in [0.29, 0.717) is 23.1 Å². The third kappa shape index (κ3) is 13.6. The van der Waals surface area contributed by atoms with Gasteiger partial charge in [-0.3, -0.25) is 0 Å². The summed E-state index contributed by atoms with van der Waals surface area (Å²) in [6.45, 7) is 18.3. The maximum absolute atomic E-state index is 6.11. The molecule has 1 unspecified atom stereocenters. The number of ether oxygens (including phenoxy) is 8. The Labute approximate surface area is 441 Å². The van der Waals surface area contributed by atoms with Gasteiger partial charge in [-0.05, 0) is 137 Å². The minimum Gasteiger partial charge on any atom is -0.467 e. The van der Waals surface area contributed by atoms with Crippen molar-refractivity contribution in [3.8, 4) is 81.8 Å². The molecule has 3 aromatic heterocycles. The van der Waals surface area contributed by atoms with E-state index in [1.165, 1.54) is 42.7 Å². The van der Waals surface area contributed by atoms with E-state index in [2.05, 4.69) is 51.8 Å². The first kappa shape index (κ1) is 55.2. The Balaban J connectivity index is 0.000000182. The molecule has 0 N–H and O–H groups in total. The van der Waals surface area contributed by atoms with Crippen molar-refractivity contribution in [1.29, 1.82) is 0 Å². The Hall–Kier alpha value is -7.56. The molecule has 2 saturated heterocycles. The molecule has 1 atom stereocenters. The van der Waals surface area contributed by atoms with Gasteiger partial charge in [-0.2, -0.15) is 29.9 Å². The van der Waals surface area contributed by atoms with E-state index in [1.807, 2.05) is 146 Å². The number of benzene rings is 4. The average molecular weight is 1050 g/mol. The summed E-state index contributed by atoms with van der Waals surface area (Å²) in [5.74, 6) is 3.62. The summed E-state index contributed by atoms with van der Waals surface area (Å²) >= 11 is 5.49. The highest BCUT2D eigenvalue weighted by molar-refractivity contribution is 6.62. The van der Waals surface area contributed by atoms with Gasteiger partial charge in [0.1, 0.15) is 28.6 Å². The fourth-order valence-corrected chi connectivity index (χ4v) is 6.85. The Kier molecular flexibility index (Phi) is 17.2. The quantitative estimate of drug-likeness (QED) is 0.0752. The first-order valence-electron chi connectivity index (χ1n) is 23.2. The van der Waals surface area contributed by atoms with Crippen molar-refractivity contribution in [1.82, 2.24) is 44.9 Å². The summed E-state index contributed by atoms with van der Waals surface area (Å²) < 4.78 is 66.0. The zero-order valence-electron chi connectivity index (χ0n) is 43.9. The molecule has 0 bridgehead atoms. The summed E-state index contributed by atoms with van der Waals surface area (Å²) in [6.07, 6.45) is 0. The highest BCUT2D eigenvalue weighted by atomic mass is 35.5. The predicted octanol–water partition coefficient (Wildman–Crippen LogP) is 7.65. The van der Waals surface area contributed by atoms with Crippen LogP contribution in [-0.4, -0.2) is 124 Å². The lowest BCUT2D eigenvalue weighted by Gasteiger charge is -2.32. The van der Waals surface area contributed by atoms with Crippen molar-refractivity contribution in [2.75, 3.05) is 42.7 Å². The van der Waals surface area contributed by atoms with Crippen molar-refractivity contribution in [3.63, 3.8) is 0 Å². The van der Waals surface area contributed by atoms with Gasteiger partial charge < -0.3 is 56.5 Å². The van der Waals surface area contributed by atoms with E-state index >= 15 is 0 Å². The monoisotopic (exact) mass is 1040 g/mol. The number of hydrogen-bond donors (Lipinski definition) is 0. The zero-order valence-corrected chi connectivity index (χ0v) is 44.7. The zero-order chi connectivity index (χ0) is 54.1. The standard InChI is InChI=1S/C24H31B2O5.C22H20N6O5.C5H6ClN3O2/c1-21(2)22(3,4)29-25(28-21)17-9-13-19(14-10-17)27-20-15-11-18(12-16-20)26-30-23(5,6)24(7,8)31-26;1-29-19-23-17(24-20(27-19)30-2)13-5-9-15(10-6-13)33-16-11-7-14(8-12-16)18-25-21(31-3)28-22(26-18)32-4;1-10-4-7-3(6)8-5(9-4)11-2/h9-16H,1H2,2-8H3;5-12H,1-4H3;1-2H3/q+1;;. The van der Waals surface area contributed by atoms with Gasteiger partial charge in [-0.1, -0.05) is 24.3 Å². The normalized spacial score (nSPS) is 16.8. The van der Waals surface area contributed by atoms with Crippen LogP contribution in [0.4, 0.5) is 0 Å². The van der Waals surface area contributed by atoms with Crippen molar-refractivity contribution in [2.24, 2.45) is 0 Å². The van der Waals surface area contributed by atoms with E-state index in [0.717, 1.165) is 33.6 Å². The van der Waals surface area contributed by atoms with Crippen LogP contribution < -0.4 is 48.8 Å². The van der Waals surface area contributed by atoms with E-state index in [-0.39, 0.29) is 59.7 Å². The van der Waals surface area contributed by atoms with Crippen LogP contribution in [0, 0.1) is 6.92 Å². The maximum Gasteiger partial charge on any atom is 0.497 e. The van der Waals surface area contributed by atoms with Crippen molar-refractivity contribution < 1.29 is 56.5 Å². The lowest BCUT2D eigenvalue weighted by Crippen LogP contribution is -2.42. The number of rotatable bonds is 14. The third-order valence-corrected chi connectivity index (χ3v) is 12.3. The first-order valence-corrected chi connectivity index (χ1v) is 23.6. The molecule has 21 nitrogen and oxygen atoms in total. The van der Waals surface area contributed by atoms with Crippen LogP contribution in [0.5, 0.6) is 59.1 Å². The van der Waals surface area contributed by atoms with Gasteiger partial charge in [0.25, 0.3) is 0 Å². The Bertz CT molecular complexity index is 2740. The van der Waals surface area contributed by atoms with Crippen molar-refractivity contribution >= 4 is 36.8 Å². The smallest absolute Gasteiger partial charge is 0.467 e. The van der Waals surface area contributed by atoms with E-state index in [9.17, 15) is 0 Å². The molecule has 5 heterocycles. The molecule has 7 aromatic rings. The summed E-state index contributed by atoms with van der Waals surface area (Å²) in [7, 11) is 7.97. The number of halogens is 1. The number of methoxy groups -OCH3 is 6. The summed E-state index contributed by atoms with van der Waals surface area (Å²) in [5, 5.41) is 0.0497. The van der Waals surface area contributed by atoms with Gasteiger partial charge in [-0.15, -0.1) is 15.0 Å². The second-order valence-corrected chi connectivity index (χ2v) is 18.5. The molecule has 75 heavy (non-hydrogen) atoms. The lowest BCUT2D eigenvalue weighted by atomic mass is 9.79. The summed E-state index contributed by atoms with van der Waals surface area (Å²) in [4.78, 5) is 36.0. The fourth-order valence-electron chi connectivity index (χ4n) is 6.71. The average Bonchev–Trinajstić information content (AvgIpc) is 3.78. The van der Waals surface area contributed by atoms with Crippen LogP contribution >= 0.6 is 11.6 Å². The van der Waals surface area contributed by atoms with E-state index < -0.39 is 18.3 Å². The van der Waals surface area contributed by atoms with Crippen LogP contribution in [0.3, 0.4) is 0 Å². The fraction of sp³-hybridized carbons (Fsp3) is 0.333. The van der Waals surface area contributed by atoms with E-state index in [1.54, 1.807) is 0 Å². The Morgan fingerprint density at radius 2 is 0.640 bits per heavy atom. The molecule has 2 aliphatic heterocycles. The second-order valence-electron chi connectivity index (χ2n) is 18.1. The van der Waals surface area contributed by atoms with Crippen molar-refractivity contribution in [2.45, 2.75) is 70.9 Å². The molecule has 0 radical (unpaired) electrons. The van der Waals surface area contributed by atoms with Gasteiger partial charge >= 0.3 is 50.3 Å². The molecule has 24 heteroatoms. The van der Waals surface area contributed by atoms with Gasteiger partial charge in [0.05, 0.1) is 60.8 Å². The maximum atomic E-state index is 6.11. The largest absolute Gasteiger partial charge is 0.497 e. The van der Waals surface area contributed by atoms with Crippen molar-refractivity contribution in [3.05, 3.63) is 109 Å². The minimum atomic E-state index is -0.605. The summed E-state index contributed by atoms with van der Waals surface area (Å²) in [5.41, 5.74) is 1.63. The molecule has 0 spiro atoms. The topological polar surface area (TPSA) is 227 Å². The molecule has 9 rings (SSSR count). The molecule has 2 fully saturated rings. The molecule has 2 aliphatic rings. The highest BCUT2D eigenvalue weighted by Crippen LogP contribution is 2.38. The molecule has 390 valence electrons. The number of nitrogens with zero attached hydrogens (tertiary/aromatic N) is 9. The lowest BCUT2D eigenvalue weighted by molar-refractivity contribution is 0.00578. The summed E-state index contributed by atoms with van der Waals surface area (Å²) in [6, 6.07) is 31.1. The van der Waals surface area contributed by atoms with Crippen LogP contribution in [-0.2, 0) is 18.6 Å². The molecule has 0 saturated carbocycles. The minimum absolute atomic E-state index is 0.0497. The second kappa shape index (κ2) is 23.3. The van der Waals surface area contributed by atoms with Crippen LogP contribution in [0.2, 0.25) is 5.28 Å². The Morgan fingerprint density at radius 3 is 0.920 bits per heavy atom. The molecule has 0 amide bonds.